The fraction of sp³-hybridized carbons (Fsp3) is 0.125. The third-order valence-corrected chi connectivity index (χ3v) is 6.01. The number of rotatable bonds is 5. The number of hydrogen-bond acceptors (Lipinski definition) is 7. The van der Waals surface area contributed by atoms with Gasteiger partial charge in [-0.15, -0.1) is 11.3 Å². The summed E-state index contributed by atoms with van der Waals surface area (Å²) in [5.41, 5.74) is 0.929. The standard InChI is InChI=1S/C16H13ClN2O5S2/c1-23-13-7-9(15(20)24-2)3-5-11(13)19-26(21,22)10-4-6-14-12(8-10)18-16(17)25-14/h3-8,19H,1-2H3. The zero-order valence-electron chi connectivity index (χ0n) is 13.6. The van der Waals surface area contributed by atoms with Crippen molar-refractivity contribution in [3.63, 3.8) is 0 Å². The van der Waals surface area contributed by atoms with Crippen molar-refractivity contribution < 1.29 is 22.7 Å². The topological polar surface area (TPSA) is 94.6 Å². The number of benzene rings is 2. The van der Waals surface area contributed by atoms with Crippen molar-refractivity contribution in [3.05, 3.63) is 46.4 Å². The number of methoxy groups -OCH3 is 2. The van der Waals surface area contributed by atoms with E-state index >= 15 is 0 Å². The van der Waals surface area contributed by atoms with E-state index in [1.54, 1.807) is 6.07 Å². The highest BCUT2D eigenvalue weighted by atomic mass is 35.5. The first-order valence-corrected chi connectivity index (χ1v) is 9.87. The molecule has 0 fully saturated rings. The van der Waals surface area contributed by atoms with Crippen molar-refractivity contribution in [1.82, 2.24) is 4.98 Å². The number of carbonyl (C=O) groups is 1. The fourth-order valence-corrected chi connectivity index (χ4v) is 4.37. The molecule has 0 bridgehead atoms. The monoisotopic (exact) mass is 412 g/mol. The van der Waals surface area contributed by atoms with E-state index in [4.69, 9.17) is 16.3 Å². The molecule has 0 saturated carbocycles. The average Bonchev–Trinajstić information content (AvgIpc) is 3.00. The Morgan fingerprint density at radius 2 is 1.96 bits per heavy atom. The Hall–Kier alpha value is -2.36. The number of fused-ring (bicyclic) bond motifs is 1. The summed E-state index contributed by atoms with van der Waals surface area (Å²) >= 11 is 7.12. The summed E-state index contributed by atoms with van der Waals surface area (Å²) in [5.74, 6) is -0.363. The summed E-state index contributed by atoms with van der Waals surface area (Å²) in [6.45, 7) is 0. The first kappa shape index (κ1) is 18.4. The average molecular weight is 413 g/mol. The van der Waals surface area contributed by atoms with Crippen LogP contribution in [0.2, 0.25) is 4.47 Å². The molecule has 1 heterocycles. The minimum atomic E-state index is -3.89. The number of esters is 1. The number of nitrogens with one attached hydrogen (secondary N) is 1. The molecule has 0 spiro atoms. The van der Waals surface area contributed by atoms with E-state index in [-0.39, 0.29) is 21.9 Å². The zero-order valence-corrected chi connectivity index (χ0v) is 16.0. The van der Waals surface area contributed by atoms with Crippen LogP contribution in [0.15, 0.2) is 41.3 Å². The molecule has 3 rings (SSSR count). The lowest BCUT2D eigenvalue weighted by molar-refractivity contribution is 0.0600. The summed E-state index contributed by atoms with van der Waals surface area (Å²) in [6.07, 6.45) is 0. The molecule has 1 aromatic heterocycles. The van der Waals surface area contributed by atoms with Crippen molar-refractivity contribution >= 4 is 54.8 Å². The fourth-order valence-electron chi connectivity index (χ4n) is 2.27. The lowest BCUT2D eigenvalue weighted by Gasteiger charge is -2.13. The Labute approximate surface area is 158 Å². The summed E-state index contributed by atoms with van der Waals surface area (Å²) in [6, 6.07) is 8.82. The van der Waals surface area contributed by atoms with E-state index in [0.717, 1.165) is 4.70 Å². The van der Waals surface area contributed by atoms with E-state index in [1.807, 2.05) is 0 Å². The first-order chi connectivity index (χ1) is 12.3. The number of aromatic nitrogens is 1. The molecule has 0 radical (unpaired) electrons. The van der Waals surface area contributed by atoms with Crippen molar-refractivity contribution in [2.24, 2.45) is 0 Å². The van der Waals surface area contributed by atoms with E-state index in [2.05, 4.69) is 14.4 Å². The maximum Gasteiger partial charge on any atom is 0.337 e. The maximum absolute atomic E-state index is 12.7. The van der Waals surface area contributed by atoms with Gasteiger partial charge in [-0.1, -0.05) is 11.6 Å². The molecule has 0 aliphatic carbocycles. The summed E-state index contributed by atoms with van der Waals surface area (Å²) in [5, 5.41) is 0. The molecule has 0 atom stereocenters. The van der Waals surface area contributed by atoms with Crippen molar-refractivity contribution in [1.29, 1.82) is 0 Å². The molecule has 0 unspecified atom stereocenters. The molecule has 0 saturated heterocycles. The largest absolute Gasteiger partial charge is 0.495 e. The van der Waals surface area contributed by atoms with E-state index < -0.39 is 16.0 Å². The second kappa shape index (κ2) is 7.10. The van der Waals surface area contributed by atoms with Crippen LogP contribution in [0.3, 0.4) is 0 Å². The Morgan fingerprint density at radius 3 is 2.65 bits per heavy atom. The molecular formula is C16H13ClN2O5S2. The number of carbonyl (C=O) groups excluding carboxylic acids is 1. The maximum atomic E-state index is 12.7. The van der Waals surface area contributed by atoms with Crippen molar-refractivity contribution in [3.8, 4) is 5.75 Å². The molecule has 7 nitrogen and oxygen atoms in total. The van der Waals surface area contributed by atoms with Gasteiger partial charge in [0, 0.05) is 0 Å². The number of nitrogens with zero attached hydrogens (tertiary/aromatic N) is 1. The van der Waals surface area contributed by atoms with Gasteiger partial charge in [-0.2, -0.15) is 0 Å². The molecule has 10 heteroatoms. The van der Waals surface area contributed by atoms with Crippen molar-refractivity contribution in [2.75, 3.05) is 18.9 Å². The van der Waals surface area contributed by atoms with Gasteiger partial charge in [-0.3, -0.25) is 4.72 Å². The normalized spacial score (nSPS) is 11.3. The second-order valence-electron chi connectivity index (χ2n) is 5.11. The highest BCUT2D eigenvalue weighted by Crippen LogP contribution is 2.31. The molecule has 1 N–H and O–H groups in total. The molecule has 0 aliphatic rings. The molecule has 0 aliphatic heterocycles. The quantitative estimate of drug-likeness (QED) is 0.644. The molecule has 136 valence electrons. The zero-order chi connectivity index (χ0) is 18.9. The number of halogens is 1. The smallest absolute Gasteiger partial charge is 0.337 e. The predicted molar refractivity (Wildman–Crippen MR) is 99.8 cm³/mol. The molecule has 26 heavy (non-hydrogen) atoms. The number of thiazole rings is 1. The third kappa shape index (κ3) is 3.59. The summed E-state index contributed by atoms with van der Waals surface area (Å²) in [4.78, 5) is 15.7. The number of sulfonamides is 1. The van der Waals surface area contributed by atoms with Crippen LogP contribution in [0, 0.1) is 0 Å². The van der Waals surface area contributed by atoms with E-state index in [0.29, 0.717) is 9.98 Å². The first-order valence-electron chi connectivity index (χ1n) is 7.19. The Morgan fingerprint density at radius 1 is 1.19 bits per heavy atom. The second-order valence-corrected chi connectivity index (χ2v) is 8.40. The van der Waals surface area contributed by atoms with Gasteiger partial charge in [0.1, 0.15) is 5.75 Å². The Balaban J connectivity index is 1.96. The van der Waals surface area contributed by atoms with Gasteiger partial charge < -0.3 is 9.47 Å². The van der Waals surface area contributed by atoms with Gasteiger partial charge in [-0.05, 0) is 36.4 Å². The van der Waals surface area contributed by atoms with Crippen LogP contribution in [-0.2, 0) is 14.8 Å². The minimum Gasteiger partial charge on any atom is -0.495 e. The summed E-state index contributed by atoms with van der Waals surface area (Å²) < 4.78 is 38.7. The predicted octanol–water partition coefficient (Wildman–Crippen LogP) is 3.55. The van der Waals surface area contributed by atoms with Crippen LogP contribution in [0.5, 0.6) is 5.75 Å². The van der Waals surface area contributed by atoms with Gasteiger partial charge in [-0.25, -0.2) is 18.2 Å². The lowest BCUT2D eigenvalue weighted by Crippen LogP contribution is -2.14. The Bertz CT molecular complexity index is 1100. The van der Waals surface area contributed by atoms with Crippen molar-refractivity contribution in [2.45, 2.75) is 4.90 Å². The SMILES string of the molecule is COC(=O)c1ccc(NS(=O)(=O)c2ccc3sc(Cl)nc3c2)c(OC)c1. The van der Waals surface area contributed by atoms with Crippen LogP contribution >= 0.6 is 22.9 Å². The molecule has 0 amide bonds. The van der Waals surface area contributed by atoms with Crippen LogP contribution < -0.4 is 9.46 Å². The van der Waals surface area contributed by atoms with Gasteiger partial charge in [0.05, 0.1) is 40.6 Å². The van der Waals surface area contributed by atoms with Gasteiger partial charge >= 0.3 is 5.97 Å². The minimum absolute atomic E-state index is 0.0334. The van der Waals surface area contributed by atoms with Crippen LogP contribution in [-0.4, -0.2) is 33.6 Å². The number of ether oxygens (including phenoxy) is 2. The highest BCUT2D eigenvalue weighted by molar-refractivity contribution is 7.92. The van der Waals surface area contributed by atoms with Gasteiger partial charge in [0.15, 0.2) is 4.47 Å². The Kier molecular flexibility index (Phi) is 5.03. The number of hydrogen-bond donors (Lipinski definition) is 1. The van der Waals surface area contributed by atoms with Gasteiger partial charge in [0.25, 0.3) is 10.0 Å². The lowest BCUT2D eigenvalue weighted by atomic mass is 10.2. The molecule has 3 aromatic rings. The van der Waals surface area contributed by atoms with Crippen LogP contribution in [0.4, 0.5) is 5.69 Å². The van der Waals surface area contributed by atoms with E-state index in [9.17, 15) is 13.2 Å². The summed E-state index contributed by atoms with van der Waals surface area (Å²) in [7, 11) is -1.26. The van der Waals surface area contributed by atoms with Gasteiger partial charge in [0.2, 0.25) is 0 Å². The number of anilines is 1. The van der Waals surface area contributed by atoms with E-state index in [1.165, 1.54) is 55.9 Å². The molecular weight excluding hydrogens is 400 g/mol. The highest BCUT2D eigenvalue weighted by Gasteiger charge is 2.19. The molecule has 2 aromatic carbocycles. The van der Waals surface area contributed by atoms with Crippen LogP contribution in [0.1, 0.15) is 10.4 Å². The van der Waals surface area contributed by atoms with Crippen LogP contribution in [0.25, 0.3) is 10.2 Å². The third-order valence-electron chi connectivity index (χ3n) is 3.51.